The zero-order valence-electron chi connectivity index (χ0n) is 9.60. The van der Waals surface area contributed by atoms with E-state index in [9.17, 15) is 20.1 Å². The van der Waals surface area contributed by atoms with Gasteiger partial charge in [-0.3, -0.25) is 4.79 Å². The van der Waals surface area contributed by atoms with Gasteiger partial charge in [-0.15, -0.1) is 0 Å². The molecular weight excluding hydrogens is 232 g/mol. The van der Waals surface area contributed by atoms with Crippen LogP contribution in [0.5, 0.6) is 17.2 Å². The van der Waals surface area contributed by atoms with Crippen LogP contribution in [-0.4, -0.2) is 21.1 Å². The van der Waals surface area contributed by atoms with Crippen molar-refractivity contribution < 1.29 is 20.1 Å². The molecule has 0 aliphatic heterocycles. The maximum atomic E-state index is 11.9. The quantitative estimate of drug-likeness (QED) is 0.622. The Hall–Kier alpha value is -2.23. The Morgan fingerprint density at radius 2 is 1.78 bits per heavy atom. The van der Waals surface area contributed by atoms with Crippen molar-refractivity contribution in [3.63, 3.8) is 0 Å². The minimum atomic E-state index is -0.222. The van der Waals surface area contributed by atoms with Gasteiger partial charge < -0.3 is 15.3 Å². The average Bonchev–Trinajstić information content (AvgIpc) is 2.35. The second kappa shape index (κ2) is 3.63. The minimum Gasteiger partial charge on any atom is -0.507 e. The third kappa shape index (κ3) is 1.29. The van der Waals surface area contributed by atoms with Gasteiger partial charge in [0.25, 0.3) is 0 Å². The SMILES string of the molecule is O=C1CCCc2c1c(O)c1c(O)cccc1c2O. The predicted molar refractivity (Wildman–Crippen MR) is 66.2 cm³/mol. The molecule has 0 atom stereocenters. The molecule has 0 spiro atoms. The van der Waals surface area contributed by atoms with Crippen molar-refractivity contribution in [2.45, 2.75) is 19.3 Å². The Balaban J connectivity index is 2.52. The summed E-state index contributed by atoms with van der Waals surface area (Å²) in [5.41, 5.74) is 0.648. The largest absolute Gasteiger partial charge is 0.507 e. The van der Waals surface area contributed by atoms with Gasteiger partial charge >= 0.3 is 0 Å². The lowest BCUT2D eigenvalue weighted by Gasteiger charge is -2.19. The molecule has 0 amide bonds. The first-order valence-corrected chi connectivity index (χ1v) is 5.83. The summed E-state index contributed by atoms with van der Waals surface area (Å²) in [5, 5.41) is 30.7. The first-order valence-electron chi connectivity index (χ1n) is 5.83. The van der Waals surface area contributed by atoms with Gasteiger partial charge in [-0.1, -0.05) is 12.1 Å². The van der Waals surface area contributed by atoms with E-state index in [-0.39, 0.29) is 34.0 Å². The number of carbonyl (C=O) groups is 1. The van der Waals surface area contributed by atoms with Crippen LogP contribution in [0.25, 0.3) is 10.8 Å². The van der Waals surface area contributed by atoms with E-state index in [2.05, 4.69) is 0 Å². The van der Waals surface area contributed by atoms with Crippen molar-refractivity contribution >= 4 is 16.6 Å². The molecule has 0 aromatic heterocycles. The molecule has 4 heteroatoms. The number of hydrogen-bond acceptors (Lipinski definition) is 4. The first kappa shape index (κ1) is 10.9. The molecule has 92 valence electrons. The van der Waals surface area contributed by atoms with Crippen LogP contribution in [0.1, 0.15) is 28.8 Å². The Morgan fingerprint density at radius 1 is 1.00 bits per heavy atom. The van der Waals surface area contributed by atoms with Crippen molar-refractivity contribution in [2.24, 2.45) is 0 Å². The molecule has 3 N–H and O–H groups in total. The van der Waals surface area contributed by atoms with Gasteiger partial charge in [-0.2, -0.15) is 0 Å². The van der Waals surface area contributed by atoms with Gasteiger partial charge in [0.1, 0.15) is 17.2 Å². The van der Waals surface area contributed by atoms with Crippen LogP contribution < -0.4 is 0 Å². The van der Waals surface area contributed by atoms with Crippen molar-refractivity contribution in [3.8, 4) is 17.2 Å². The molecular formula is C14H12O4. The average molecular weight is 244 g/mol. The van der Waals surface area contributed by atoms with E-state index in [0.29, 0.717) is 30.2 Å². The van der Waals surface area contributed by atoms with E-state index in [1.807, 2.05) is 0 Å². The molecule has 0 heterocycles. The van der Waals surface area contributed by atoms with Crippen LogP contribution in [0.15, 0.2) is 18.2 Å². The molecule has 0 bridgehead atoms. The second-order valence-electron chi connectivity index (χ2n) is 4.53. The maximum Gasteiger partial charge on any atom is 0.167 e. The van der Waals surface area contributed by atoms with E-state index >= 15 is 0 Å². The normalized spacial score (nSPS) is 14.8. The van der Waals surface area contributed by atoms with E-state index in [4.69, 9.17) is 0 Å². The van der Waals surface area contributed by atoms with Crippen LogP contribution in [-0.2, 0) is 6.42 Å². The Kier molecular flexibility index (Phi) is 2.20. The summed E-state index contributed by atoms with van der Waals surface area (Å²) in [7, 11) is 0. The zero-order chi connectivity index (χ0) is 12.9. The summed E-state index contributed by atoms with van der Waals surface area (Å²) < 4.78 is 0. The maximum absolute atomic E-state index is 11.9. The highest BCUT2D eigenvalue weighted by Gasteiger charge is 2.27. The molecule has 0 unspecified atom stereocenters. The highest BCUT2D eigenvalue weighted by molar-refractivity contribution is 6.10. The molecule has 0 saturated carbocycles. The van der Waals surface area contributed by atoms with Gasteiger partial charge in [0.2, 0.25) is 0 Å². The molecule has 0 fully saturated rings. The fourth-order valence-electron chi connectivity index (χ4n) is 2.63. The minimum absolute atomic E-state index is 0.0123. The van der Waals surface area contributed by atoms with E-state index in [1.165, 1.54) is 6.07 Å². The summed E-state index contributed by atoms with van der Waals surface area (Å²) in [6.07, 6.45) is 1.59. The molecule has 1 aliphatic carbocycles. The fourth-order valence-corrected chi connectivity index (χ4v) is 2.63. The third-order valence-electron chi connectivity index (χ3n) is 3.47. The van der Waals surface area contributed by atoms with Crippen LogP contribution in [0, 0.1) is 0 Å². The Labute approximate surface area is 103 Å². The van der Waals surface area contributed by atoms with Crippen molar-refractivity contribution in [1.29, 1.82) is 0 Å². The summed E-state index contributed by atoms with van der Waals surface area (Å²) in [4.78, 5) is 11.9. The lowest BCUT2D eigenvalue weighted by molar-refractivity contribution is 0.0969. The van der Waals surface area contributed by atoms with E-state index in [1.54, 1.807) is 12.1 Å². The van der Waals surface area contributed by atoms with E-state index < -0.39 is 0 Å². The smallest absolute Gasteiger partial charge is 0.167 e. The summed E-state index contributed by atoms with van der Waals surface area (Å²) >= 11 is 0. The number of fused-ring (bicyclic) bond motifs is 2. The molecule has 1 aliphatic rings. The molecule has 18 heavy (non-hydrogen) atoms. The summed E-state index contributed by atoms with van der Waals surface area (Å²) in [6, 6.07) is 4.62. The third-order valence-corrected chi connectivity index (χ3v) is 3.47. The summed E-state index contributed by atoms with van der Waals surface area (Å²) in [5.74, 6) is -0.557. The topological polar surface area (TPSA) is 77.8 Å². The zero-order valence-corrected chi connectivity index (χ0v) is 9.60. The molecule has 2 aromatic carbocycles. The summed E-state index contributed by atoms with van der Waals surface area (Å²) in [6.45, 7) is 0. The number of benzene rings is 2. The van der Waals surface area contributed by atoms with Crippen molar-refractivity contribution in [1.82, 2.24) is 0 Å². The van der Waals surface area contributed by atoms with E-state index in [0.717, 1.165) is 0 Å². The number of Topliss-reactive ketones (excluding diaryl/α,β-unsaturated/α-hetero) is 1. The fraction of sp³-hybridized carbons (Fsp3) is 0.214. The van der Waals surface area contributed by atoms with Crippen molar-refractivity contribution in [3.05, 3.63) is 29.3 Å². The molecule has 2 aromatic rings. The number of carbonyl (C=O) groups excluding carboxylic acids is 1. The molecule has 0 radical (unpaired) electrons. The van der Waals surface area contributed by atoms with Crippen LogP contribution in [0.3, 0.4) is 0 Å². The van der Waals surface area contributed by atoms with Gasteiger partial charge in [0.05, 0.1) is 10.9 Å². The van der Waals surface area contributed by atoms with Gasteiger partial charge in [0, 0.05) is 17.4 Å². The number of phenols is 3. The molecule has 0 saturated heterocycles. The van der Waals surface area contributed by atoms with Gasteiger partial charge in [-0.05, 0) is 18.9 Å². The Morgan fingerprint density at radius 3 is 2.56 bits per heavy atom. The van der Waals surface area contributed by atoms with Gasteiger partial charge in [0.15, 0.2) is 5.78 Å². The number of rotatable bonds is 0. The number of hydrogen-bond donors (Lipinski definition) is 3. The van der Waals surface area contributed by atoms with Crippen LogP contribution >= 0.6 is 0 Å². The number of phenolic OH excluding ortho intramolecular Hbond substituents is 3. The van der Waals surface area contributed by atoms with Crippen LogP contribution in [0.2, 0.25) is 0 Å². The Bertz CT molecular complexity index is 673. The lowest BCUT2D eigenvalue weighted by Crippen LogP contribution is -2.11. The first-order chi connectivity index (χ1) is 8.61. The monoisotopic (exact) mass is 244 g/mol. The van der Waals surface area contributed by atoms with Crippen LogP contribution in [0.4, 0.5) is 0 Å². The standard InChI is InChI=1S/C14H12O4/c15-9-5-1-3-7-11(9)14(18)12-8(13(7)17)4-2-6-10(12)16/h1,3,5,15,17-18H,2,4,6H2. The predicted octanol–water partition coefficient (Wildman–Crippen LogP) is 2.48. The van der Waals surface area contributed by atoms with Crippen molar-refractivity contribution in [2.75, 3.05) is 0 Å². The lowest BCUT2D eigenvalue weighted by atomic mass is 9.86. The molecule has 3 rings (SSSR count). The number of aromatic hydroxyl groups is 3. The second-order valence-corrected chi connectivity index (χ2v) is 4.53. The highest BCUT2D eigenvalue weighted by Crippen LogP contribution is 2.45. The van der Waals surface area contributed by atoms with Gasteiger partial charge in [-0.25, -0.2) is 0 Å². The highest BCUT2D eigenvalue weighted by atomic mass is 16.3. The molecule has 4 nitrogen and oxygen atoms in total. The number of ketones is 1.